The first-order valence-electron chi connectivity index (χ1n) is 9.35. The first kappa shape index (κ1) is 23.0. The lowest BCUT2D eigenvalue weighted by atomic mass is 10.1. The molecule has 2 amide bonds. The predicted molar refractivity (Wildman–Crippen MR) is 107 cm³/mol. The third kappa shape index (κ3) is 5.71. The fraction of sp³-hybridized carbons (Fsp3) is 0.182. The van der Waals surface area contributed by atoms with Crippen LogP contribution < -0.4 is 15.4 Å². The van der Waals surface area contributed by atoms with Crippen LogP contribution in [-0.4, -0.2) is 11.0 Å². The number of hydrogen-bond acceptors (Lipinski definition) is 3. The highest BCUT2D eigenvalue weighted by molar-refractivity contribution is 5.89. The van der Waals surface area contributed by atoms with Gasteiger partial charge in [0.25, 0.3) is 0 Å². The maximum absolute atomic E-state index is 13.7. The molecule has 0 spiro atoms. The van der Waals surface area contributed by atoms with Crippen LogP contribution in [0.25, 0.3) is 0 Å². The summed E-state index contributed by atoms with van der Waals surface area (Å²) in [7, 11) is 0. The van der Waals surface area contributed by atoms with Gasteiger partial charge in [0.15, 0.2) is 0 Å². The number of pyridine rings is 1. The zero-order valence-corrected chi connectivity index (χ0v) is 17.0. The lowest BCUT2D eigenvalue weighted by molar-refractivity contribution is -0.137. The van der Waals surface area contributed by atoms with Gasteiger partial charge in [0.2, 0.25) is 5.88 Å². The Morgan fingerprint density at radius 3 is 2.50 bits per heavy atom. The molecule has 5 nitrogen and oxygen atoms in total. The van der Waals surface area contributed by atoms with Crippen molar-refractivity contribution in [3.8, 4) is 11.6 Å². The van der Waals surface area contributed by atoms with Crippen LogP contribution in [0.2, 0.25) is 0 Å². The van der Waals surface area contributed by atoms with Crippen LogP contribution in [-0.2, 0) is 12.7 Å². The number of nitrogens with one attached hydrogen (secondary N) is 2. The summed E-state index contributed by atoms with van der Waals surface area (Å²) in [4.78, 5) is 16.4. The molecule has 0 unspecified atom stereocenters. The van der Waals surface area contributed by atoms with E-state index in [1.54, 1.807) is 19.9 Å². The SMILES string of the molecule is Cc1cc(C)c(CNC(=O)Nc2ccc(F)cc2F)c(Oc2cccc(C(F)(F)F)c2)n1. The highest BCUT2D eigenvalue weighted by atomic mass is 19.4. The number of rotatable bonds is 5. The van der Waals surface area contributed by atoms with E-state index in [2.05, 4.69) is 15.6 Å². The first-order valence-corrected chi connectivity index (χ1v) is 9.35. The molecule has 1 heterocycles. The smallest absolute Gasteiger partial charge is 0.416 e. The average Bonchev–Trinajstić information content (AvgIpc) is 2.69. The Morgan fingerprint density at radius 2 is 1.81 bits per heavy atom. The zero-order valence-electron chi connectivity index (χ0n) is 17.0. The summed E-state index contributed by atoms with van der Waals surface area (Å²) < 4.78 is 71.3. The second kappa shape index (κ2) is 9.21. The van der Waals surface area contributed by atoms with Gasteiger partial charge in [0.05, 0.1) is 17.8 Å². The van der Waals surface area contributed by atoms with Gasteiger partial charge in [-0.2, -0.15) is 13.2 Å². The number of carbonyl (C=O) groups excluding carboxylic acids is 1. The number of ether oxygens (including phenoxy) is 1. The third-order valence-corrected chi connectivity index (χ3v) is 4.42. The van der Waals surface area contributed by atoms with Gasteiger partial charge < -0.3 is 15.4 Å². The van der Waals surface area contributed by atoms with Crippen molar-refractivity contribution in [2.24, 2.45) is 0 Å². The van der Waals surface area contributed by atoms with Gasteiger partial charge in [-0.05, 0) is 55.8 Å². The number of carbonyl (C=O) groups is 1. The van der Waals surface area contributed by atoms with Gasteiger partial charge in [-0.3, -0.25) is 0 Å². The minimum Gasteiger partial charge on any atom is -0.439 e. The highest BCUT2D eigenvalue weighted by Gasteiger charge is 2.30. The number of alkyl halides is 3. The Hall–Kier alpha value is -3.69. The second-order valence-electron chi connectivity index (χ2n) is 6.92. The summed E-state index contributed by atoms with van der Waals surface area (Å²) in [6.45, 7) is 3.30. The van der Waals surface area contributed by atoms with E-state index in [9.17, 15) is 26.7 Å². The van der Waals surface area contributed by atoms with Crippen LogP contribution in [0.15, 0.2) is 48.5 Å². The molecule has 3 rings (SSSR count). The van der Waals surface area contributed by atoms with Crippen molar-refractivity contribution in [3.63, 3.8) is 0 Å². The molecule has 0 saturated heterocycles. The van der Waals surface area contributed by atoms with E-state index in [4.69, 9.17) is 4.74 Å². The van der Waals surface area contributed by atoms with Crippen molar-refractivity contribution in [2.75, 3.05) is 5.32 Å². The van der Waals surface area contributed by atoms with Crippen molar-refractivity contribution in [2.45, 2.75) is 26.6 Å². The van der Waals surface area contributed by atoms with E-state index < -0.39 is 29.4 Å². The van der Waals surface area contributed by atoms with E-state index >= 15 is 0 Å². The molecule has 0 saturated carbocycles. The molecular formula is C22H18F5N3O2. The second-order valence-corrected chi connectivity index (χ2v) is 6.92. The predicted octanol–water partition coefficient (Wildman–Crippen LogP) is 6.11. The van der Waals surface area contributed by atoms with Crippen molar-refractivity contribution in [1.82, 2.24) is 10.3 Å². The molecule has 168 valence electrons. The number of benzene rings is 2. The van der Waals surface area contributed by atoms with Crippen molar-refractivity contribution in [3.05, 3.63) is 82.5 Å². The summed E-state index contributed by atoms with van der Waals surface area (Å²) in [6, 6.07) is 7.97. The number of amides is 2. The molecule has 0 fully saturated rings. The molecule has 10 heteroatoms. The zero-order chi connectivity index (χ0) is 23.5. The number of aryl methyl sites for hydroxylation is 2. The number of nitrogens with zero attached hydrogens (tertiary/aromatic N) is 1. The third-order valence-electron chi connectivity index (χ3n) is 4.42. The number of aromatic nitrogens is 1. The molecule has 32 heavy (non-hydrogen) atoms. The Bertz CT molecular complexity index is 1150. The summed E-state index contributed by atoms with van der Waals surface area (Å²) in [6.07, 6.45) is -4.53. The highest BCUT2D eigenvalue weighted by Crippen LogP contribution is 2.33. The van der Waals surface area contributed by atoms with E-state index in [-0.39, 0.29) is 23.9 Å². The van der Waals surface area contributed by atoms with Gasteiger partial charge in [-0.1, -0.05) is 6.07 Å². The van der Waals surface area contributed by atoms with Crippen LogP contribution in [0, 0.1) is 25.5 Å². The summed E-state index contributed by atoms with van der Waals surface area (Å²) in [5.41, 5.74) is 0.560. The molecule has 0 atom stereocenters. The fourth-order valence-electron chi connectivity index (χ4n) is 2.90. The largest absolute Gasteiger partial charge is 0.439 e. The van der Waals surface area contributed by atoms with E-state index in [0.29, 0.717) is 22.9 Å². The summed E-state index contributed by atoms with van der Waals surface area (Å²) in [5.74, 6) is -1.78. The van der Waals surface area contributed by atoms with Crippen molar-refractivity contribution >= 4 is 11.7 Å². The fourth-order valence-corrected chi connectivity index (χ4v) is 2.90. The van der Waals surface area contributed by atoms with Crippen LogP contribution in [0.3, 0.4) is 0 Å². The summed E-state index contributed by atoms with van der Waals surface area (Å²) >= 11 is 0. The summed E-state index contributed by atoms with van der Waals surface area (Å²) in [5, 5.41) is 4.75. The van der Waals surface area contributed by atoms with Crippen LogP contribution >= 0.6 is 0 Å². The van der Waals surface area contributed by atoms with Gasteiger partial charge >= 0.3 is 12.2 Å². The van der Waals surface area contributed by atoms with Crippen molar-refractivity contribution in [1.29, 1.82) is 0 Å². The lowest BCUT2D eigenvalue weighted by Gasteiger charge is -2.16. The van der Waals surface area contributed by atoms with E-state index in [1.807, 2.05) is 0 Å². The van der Waals surface area contributed by atoms with E-state index in [1.165, 1.54) is 12.1 Å². The molecule has 3 aromatic rings. The normalized spacial score (nSPS) is 11.2. The minimum atomic E-state index is -4.53. The minimum absolute atomic E-state index is 0.0232. The topological polar surface area (TPSA) is 63.2 Å². The molecular weight excluding hydrogens is 433 g/mol. The molecule has 2 aromatic carbocycles. The maximum Gasteiger partial charge on any atom is 0.416 e. The number of hydrogen-bond donors (Lipinski definition) is 2. The quantitative estimate of drug-likeness (QED) is 0.460. The van der Waals surface area contributed by atoms with Crippen LogP contribution in [0.1, 0.15) is 22.4 Å². The molecule has 0 bridgehead atoms. The Morgan fingerprint density at radius 1 is 1.06 bits per heavy atom. The van der Waals surface area contributed by atoms with Crippen LogP contribution in [0.5, 0.6) is 11.6 Å². The molecule has 0 radical (unpaired) electrons. The van der Waals surface area contributed by atoms with E-state index in [0.717, 1.165) is 24.3 Å². The monoisotopic (exact) mass is 451 g/mol. The molecule has 0 aliphatic carbocycles. The molecule has 1 aromatic heterocycles. The average molecular weight is 451 g/mol. The molecule has 0 aliphatic heterocycles. The Kier molecular flexibility index (Phi) is 6.61. The molecule has 2 N–H and O–H groups in total. The van der Waals surface area contributed by atoms with Crippen molar-refractivity contribution < 1.29 is 31.5 Å². The Balaban J connectivity index is 1.78. The number of anilines is 1. The van der Waals surface area contributed by atoms with Gasteiger partial charge in [0.1, 0.15) is 17.4 Å². The number of halogens is 5. The van der Waals surface area contributed by atoms with Gasteiger partial charge in [-0.15, -0.1) is 0 Å². The number of urea groups is 1. The van der Waals surface area contributed by atoms with Gasteiger partial charge in [-0.25, -0.2) is 18.6 Å². The maximum atomic E-state index is 13.7. The van der Waals surface area contributed by atoms with Gasteiger partial charge in [0, 0.05) is 17.3 Å². The lowest BCUT2D eigenvalue weighted by Crippen LogP contribution is -2.29. The standard InChI is InChI=1S/C22H18F5N3O2/c1-12-8-13(2)29-20(32-16-5-3-4-14(9-16)22(25,26)27)17(12)11-28-21(31)30-19-7-6-15(23)10-18(19)24/h3-10H,11H2,1-2H3,(H2,28,30,31). The first-order chi connectivity index (χ1) is 15.0. The Labute approximate surface area is 180 Å². The molecule has 0 aliphatic rings. The van der Waals surface area contributed by atoms with Crippen LogP contribution in [0.4, 0.5) is 32.4 Å².